The Bertz CT molecular complexity index is 381. The van der Waals surface area contributed by atoms with Crippen LogP contribution < -0.4 is 5.32 Å². The van der Waals surface area contributed by atoms with Crippen LogP contribution in [-0.4, -0.2) is 19.1 Å². The lowest BCUT2D eigenvalue weighted by atomic mass is 9.83. The normalized spacial score (nSPS) is 13.7. The van der Waals surface area contributed by atoms with E-state index < -0.39 is 0 Å². The van der Waals surface area contributed by atoms with Gasteiger partial charge in [0.2, 0.25) is 0 Å². The lowest BCUT2D eigenvalue weighted by molar-refractivity contribution is 0.586. The molecule has 0 saturated carbocycles. The van der Waals surface area contributed by atoms with E-state index >= 15 is 0 Å². The quantitative estimate of drug-likeness (QED) is 0.874. The summed E-state index contributed by atoms with van der Waals surface area (Å²) in [6.07, 6.45) is 2.17. The van der Waals surface area contributed by atoms with Crippen LogP contribution in [-0.2, 0) is 5.41 Å². The minimum absolute atomic E-state index is 0.225. The average molecular weight is 265 g/mol. The topological polar surface area (TPSA) is 12.0 Å². The van der Waals surface area contributed by atoms with E-state index in [2.05, 4.69) is 65.4 Å². The Labute approximate surface area is 117 Å². The summed E-state index contributed by atoms with van der Waals surface area (Å²) in [6, 6.07) is 5.16. The molecule has 18 heavy (non-hydrogen) atoms. The molecule has 0 spiro atoms. The largest absolute Gasteiger partial charge is 0.312 e. The van der Waals surface area contributed by atoms with Crippen LogP contribution in [0.5, 0.6) is 0 Å². The summed E-state index contributed by atoms with van der Waals surface area (Å²) < 4.78 is 0. The molecule has 1 aromatic rings. The van der Waals surface area contributed by atoms with Crippen LogP contribution >= 0.6 is 11.8 Å². The smallest absolute Gasteiger partial charge is 0.0414 e. The standard InChI is InChI=1S/C16H27NS/c1-11-8-13(16(3,4)5)9-12(2)15(11)14(17-6)10-18-7/h8-9,14,17H,10H2,1-7H3. The van der Waals surface area contributed by atoms with Crippen LogP contribution in [0.25, 0.3) is 0 Å². The Kier molecular flexibility index (Phi) is 5.30. The Morgan fingerprint density at radius 3 is 2.00 bits per heavy atom. The van der Waals surface area contributed by atoms with Gasteiger partial charge in [-0.15, -0.1) is 0 Å². The van der Waals surface area contributed by atoms with E-state index in [0.717, 1.165) is 5.75 Å². The molecule has 0 aliphatic heterocycles. The van der Waals surface area contributed by atoms with E-state index in [1.165, 1.54) is 22.3 Å². The Morgan fingerprint density at radius 1 is 1.17 bits per heavy atom. The van der Waals surface area contributed by atoms with Gasteiger partial charge in [-0.1, -0.05) is 32.9 Å². The first-order valence-corrected chi connectivity index (χ1v) is 7.98. The fourth-order valence-corrected chi connectivity index (χ4v) is 3.10. The second-order valence-corrected chi connectivity index (χ2v) is 6.98. The van der Waals surface area contributed by atoms with Crippen molar-refractivity contribution in [3.05, 3.63) is 34.4 Å². The SMILES string of the molecule is CNC(CSC)c1c(C)cc(C(C)(C)C)cc1C. The molecule has 0 fully saturated rings. The van der Waals surface area contributed by atoms with Gasteiger partial charge in [-0.25, -0.2) is 0 Å². The third-order valence-electron chi connectivity index (χ3n) is 3.49. The van der Waals surface area contributed by atoms with Crippen molar-refractivity contribution in [1.82, 2.24) is 5.32 Å². The van der Waals surface area contributed by atoms with Crippen LogP contribution in [0.3, 0.4) is 0 Å². The fourth-order valence-electron chi connectivity index (χ4n) is 2.44. The van der Waals surface area contributed by atoms with E-state index in [0.29, 0.717) is 6.04 Å². The summed E-state index contributed by atoms with van der Waals surface area (Å²) in [5.74, 6) is 1.12. The van der Waals surface area contributed by atoms with E-state index in [4.69, 9.17) is 0 Å². The van der Waals surface area contributed by atoms with Gasteiger partial charge in [0.05, 0.1) is 0 Å². The summed E-state index contributed by atoms with van der Waals surface area (Å²) in [7, 11) is 2.05. The summed E-state index contributed by atoms with van der Waals surface area (Å²) in [4.78, 5) is 0. The maximum absolute atomic E-state index is 3.44. The molecule has 1 rings (SSSR count). The van der Waals surface area contributed by atoms with Crippen molar-refractivity contribution >= 4 is 11.8 Å². The van der Waals surface area contributed by atoms with Crippen molar-refractivity contribution in [2.45, 2.75) is 46.1 Å². The van der Waals surface area contributed by atoms with Crippen molar-refractivity contribution in [1.29, 1.82) is 0 Å². The van der Waals surface area contributed by atoms with Crippen molar-refractivity contribution in [2.24, 2.45) is 0 Å². The van der Waals surface area contributed by atoms with Gasteiger partial charge in [-0.05, 0) is 54.8 Å². The van der Waals surface area contributed by atoms with Crippen LogP contribution in [0, 0.1) is 13.8 Å². The van der Waals surface area contributed by atoms with Crippen molar-refractivity contribution in [3.8, 4) is 0 Å². The first kappa shape index (κ1) is 15.6. The molecule has 1 aromatic carbocycles. The molecular formula is C16H27NS. The second kappa shape index (κ2) is 6.12. The van der Waals surface area contributed by atoms with Crippen LogP contribution in [0.15, 0.2) is 12.1 Å². The van der Waals surface area contributed by atoms with Gasteiger partial charge in [0.25, 0.3) is 0 Å². The van der Waals surface area contributed by atoms with E-state index in [9.17, 15) is 0 Å². The number of rotatable bonds is 4. The highest BCUT2D eigenvalue weighted by Gasteiger charge is 2.19. The Balaban J connectivity index is 3.23. The number of thioether (sulfide) groups is 1. The molecule has 1 N–H and O–H groups in total. The van der Waals surface area contributed by atoms with Crippen LogP contribution in [0.4, 0.5) is 0 Å². The molecule has 0 aliphatic rings. The van der Waals surface area contributed by atoms with Gasteiger partial charge in [0.1, 0.15) is 0 Å². The molecular weight excluding hydrogens is 238 g/mol. The zero-order valence-corrected chi connectivity index (χ0v) is 13.7. The molecule has 0 aliphatic carbocycles. The minimum atomic E-state index is 0.225. The highest BCUT2D eigenvalue weighted by atomic mass is 32.2. The predicted octanol–water partition coefficient (Wildman–Crippen LogP) is 4.22. The lowest BCUT2D eigenvalue weighted by Gasteiger charge is -2.25. The second-order valence-electron chi connectivity index (χ2n) is 6.07. The van der Waals surface area contributed by atoms with Crippen molar-refractivity contribution < 1.29 is 0 Å². The minimum Gasteiger partial charge on any atom is -0.312 e. The third-order valence-corrected chi connectivity index (χ3v) is 4.16. The molecule has 1 nitrogen and oxygen atoms in total. The van der Waals surface area contributed by atoms with Crippen LogP contribution in [0.1, 0.15) is 49.1 Å². The molecule has 2 heteroatoms. The van der Waals surface area contributed by atoms with Gasteiger partial charge in [0.15, 0.2) is 0 Å². The van der Waals surface area contributed by atoms with Crippen molar-refractivity contribution in [2.75, 3.05) is 19.1 Å². The molecule has 1 unspecified atom stereocenters. The highest BCUT2D eigenvalue weighted by molar-refractivity contribution is 7.98. The summed E-state index contributed by atoms with van der Waals surface area (Å²) in [5, 5.41) is 3.44. The third kappa shape index (κ3) is 3.52. The number of aryl methyl sites for hydroxylation is 2. The van der Waals surface area contributed by atoms with Gasteiger partial charge in [0, 0.05) is 11.8 Å². The first-order chi connectivity index (χ1) is 8.31. The van der Waals surface area contributed by atoms with E-state index in [1.54, 1.807) is 0 Å². The van der Waals surface area contributed by atoms with Gasteiger partial charge < -0.3 is 5.32 Å². The molecule has 0 aromatic heterocycles. The summed E-state index contributed by atoms with van der Waals surface area (Å²) in [5.41, 5.74) is 5.95. The first-order valence-electron chi connectivity index (χ1n) is 6.59. The molecule has 102 valence electrons. The van der Waals surface area contributed by atoms with E-state index in [-0.39, 0.29) is 5.41 Å². The van der Waals surface area contributed by atoms with Crippen LogP contribution in [0.2, 0.25) is 0 Å². The summed E-state index contributed by atoms with van der Waals surface area (Å²) >= 11 is 1.89. The molecule has 0 heterocycles. The highest BCUT2D eigenvalue weighted by Crippen LogP contribution is 2.30. The fraction of sp³-hybridized carbons (Fsp3) is 0.625. The zero-order chi connectivity index (χ0) is 13.9. The Hall–Kier alpha value is -0.470. The van der Waals surface area contributed by atoms with Gasteiger partial charge >= 0.3 is 0 Å². The number of nitrogens with one attached hydrogen (secondary N) is 1. The Morgan fingerprint density at radius 2 is 1.67 bits per heavy atom. The number of hydrogen-bond donors (Lipinski definition) is 1. The molecule has 0 radical (unpaired) electrons. The molecule has 0 bridgehead atoms. The maximum Gasteiger partial charge on any atom is 0.0414 e. The average Bonchev–Trinajstić information content (AvgIpc) is 2.25. The van der Waals surface area contributed by atoms with E-state index in [1.807, 2.05) is 11.8 Å². The van der Waals surface area contributed by atoms with Crippen molar-refractivity contribution in [3.63, 3.8) is 0 Å². The molecule has 0 saturated heterocycles. The predicted molar refractivity (Wildman–Crippen MR) is 84.8 cm³/mol. The number of benzene rings is 1. The zero-order valence-electron chi connectivity index (χ0n) is 12.8. The monoisotopic (exact) mass is 265 g/mol. The molecule has 1 atom stereocenters. The number of hydrogen-bond acceptors (Lipinski definition) is 2. The van der Waals surface area contributed by atoms with Gasteiger partial charge in [-0.3, -0.25) is 0 Å². The lowest BCUT2D eigenvalue weighted by Crippen LogP contribution is -2.22. The maximum atomic E-state index is 3.44. The molecule has 0 amide bonds. The van der Waals surface area contributed by atoms with Gasteiger partial charge in [-0.2, -0.15) is 11.8 Å². The summed E-state index contributed by atoms with van der Waals surface area (Å²) in [6.45, 7) is 11.3.